The van der Waals surface area contributed by atoms with E-state index in [9.17, 15) is 0 Å². The highest BCUT2D eigenvalue weighted by Gasteiger charge is 2.19. The Hall–Kier alpha value is -8.73. The van der Waals surface area contributed by atoms with E-state index in [1.807, 2.05) is 0 Å². The predicted octanol–water partition coefficient (Wildman–Crippen LogP) is 16.4. The van der Waals surface area contributed by atoms with Crippen LogP contribution in [0.3, 0.4) is 0 Å². The number of hydrogen-bond donors (Lipinski definition) is 0. The van der Waals surface area contributed by atoms with Crippen LogP contribution in [0.15, 0.2) is 241 Å². The van der Waals surface area contributed by atoms with Crippen molar-refractivity contribution < 1.29 is 4.42 Å². The van der Waals surface area contributed by atoms with E-state index in [0.29, 0.717) is 5.89 Å². The molecular formula is C61H39N3O. The fourth-order valence-electron chi connectivity index (χ4n) is 9.77. The van der Waals surface area contributed by atoms with E-state index < -0.39 is 0 Å². The molecule has 0 spiro atoms. The second kappa shape index (κ2) is 15.0. The number of hydrogen-bond acceptors (Lipinski definition) is 2. The van der Waals surface area contributed by atoms with Crippen molar-refractivity contribution >= 4 is 54.7 Å². The molecule has 0 amide bonds. The Morgan fingerprint density at radius 3 is 1.00 bits per heavy atom. The third-order valence-corrected chi connectivity index (χ3v) is 13.0. The summed E-state index contributed by atoms with van der Waals surface area (Å²) < 4.78 is 11.3. The van der Waals surface area contributed by atoms with Crippen molar-refractivity contribution in [1.29, 1.82) is 0 Å². The minimum atomic E-state index is 0.591. The zero-order chi connectivity index (χ0) is 42.8. The molecule has 0 aliphatic heterocycles. The molecular weight excluding hydrogens is 791 g/mol. The summed E-state index contributed by atoms with van der Waals surface area (Å²) >= 11 is 0. The molecule has 13 aromatic rings. The summed E-state index contributed by atoms with van der Waals surface area (Å²) in [6.45, 7) is 0. The standard InChI is InChI=1S/C61H39N3O/c1-5-13-40(14-6-1)45-23-31-56-51(35-45)52-36-46(41-15-7-2-8-16-41)24-32-57(52)63(56)49-27-21-44(22-28-49)61-62-55-30-29-50(39-60(55)65-61)64-58-33-25-47(42-17-9-3-10-18-42)37-53(58)54-38-48(26-34-59(54)64)43-19-11-4-12-20-43/h1-39H. The highest BCUT2D eigenvalue weighted by Crippen LogP contribution is 2.40. The van der Waals surface area contributed by atoms with Crippen molar-refractivity contribution in [2.45, 2.75) is 0 Å². The van der Waals surface area contributed by atoms with E-state index in [0.717, 1.165) is 50.1 Å². The van der Waals surface area contributed by atoms with Crippen molar-refractivity contribution in [2.75, 3.05) is 0 Å². The van der Waals surface area contributed by atoms with E-state index in [-0.39, 0.29) is 0 Å². The van der Waals surface area contributed by atoms with Crippen molar-refractivity contribution in [3.63, 3.8) is 0 Å². The van der Waals surface area contributed by atoms with Crippen LogP contribution in [0, 0.1) is 0 Å². The minimum absolute atomic E-state index is 0.591. The smallest absolute Gasteiger partial charge is 0.227 e. The van der Waals surface area contributed by atoms with Gasteiger partial charge < -0.3 is 13.6 Å². The molecule has 0 unspecified atom stereocenters. The molecule has 0 saturated carbocycles. The van der Waals surface area contributed by atoms with Gasteiger partial charge in [0.15, 0.2) is 5.58 Å². The molecule has 304 valence electrons. The average Bonchev–Trinajstić information content (AvgIpc) is 4.06. The molecule has 0 fully saturated rings. The first-order valence-corrected chi connectivity index (χ1v) is 22.1. The quantitative estimate of drug-likeness (QED) is 0.160. The molecule has 65 heavy (non-hydrogen) atoms. The first-order valence-electron chi connectivity index (χ1n) is 22.1. The van der Waals surface area contributed by atoms with Gasteiger partial charge in [0.2, 0.25) is 5.89 Å². The van der Waals surface area contributed by atoms with E-state index >= 15 is 0 Å². The van der Waals surface area contributed by atoms with Crippen LogP contribution in [-0.2, 0) is 0 Å². The van der Waals surface area contributed by atoms with Crippen LogP contribution in [0.2, 0.25) is 0 Å². The molecule has 0 saturated heterocycles. The maximum Gasteiger partial charge on any atom is 0.227 e. The maximum atomic E-state index is 6.62. The second-order valence-electron chi connectivity index (χ2n) is 16.8. The number of oxazole rings is 1. The summed E-state index contributed by atoms with van der Waals surface area (Å²) in [5.41, 5.74) is 18.7. The Kier molecular flexibility index (Phi) is 8.50. The molecule has 0 atom stereocenters. The van der Waals surface area contributed by atoms with Gasteiger partial charge in [0.25, 0.3) is 0 Å². The number of benzene rings is 10. The Balaban J connectivity index is 0.893. The second-order valence-corrected chi connectivity index (χ2v) is 16.8. The molecule has 0 N–H and O–H groups in total. The molecule has 0 aliphatic rings. The number of nitrogens with zero attached hydrogens (tertiary/aromatic N) is 3. The molecule has 4 heteroatoms. The maximum absolute atomic E-state index is 6.62. The van der Waals surface area contributed by atoms with Crippen LogP contribution in [-0.4, -0.2) is 14.1 Å². The molecule has 0 radical (unpaired) electrons. The third kappa shape index (κ3) is 6.26. The van der Waals surface area contributed by atoms with E-state index in [1.165, 1.54) is 66.1 Å². The summed E-state index contributed by atoms with van der Waals surface area (Å²) in [7, 11) is 0. The average molecular weight is 830 g/mol. The largest absolute Gasteiger partial charge is 0.436 e. The molecule has 13 rings (SSSR count). The van der Waals surface area contributed by atoms with E-state index in [2.05, 4.69) is 246 Å². The summed E-state index contributed by atoms with van der Waals surface area (Å²) in [5.74, 6) is 0.591. The Bertz CT molecular complexity index is 3710. The zero-order valence-electron chi connectivity index (χ0n) is 35.3. The lowest BCUT2D eigenvalue weighted by atomic mass is 10.0. The van der Waals surface area contributed by atoms with Gasteiger partial charge in [-0.1, -0.05) is 146 Å². The SMILES string of the molecule is c1ccc(-c2ccc3c(c2)c2cc(-c4ccccc4)ccc2n3-c2ccc(-c3nc4ccc(-n5c6ccc(-c7ccccc7)cc6c6cc(-c7ccccc7)ccc65)cc4o3)cc2)cc1. The Morgan fingerprint density at radius 2 is 0.615 bits per heavy atom. The van der Waals surface area contributed by atoms with E-state index in [4.69, 9.17) is 9.40 Å². The lowest BCUT2D eigenvalue weighted by molar-refractivity contribution is 0.619. The number of fused-ring (bicyclic) bond motifs is 7. The summed E-state index contributed by atoms with van der Waals surface area (Å²) in [6.07, 6.45) is 0. The third-order valence-electron chi connectivity index (χ3n) is 13.0. The van der Waals surface area contributed by atoms with Crippen LogP contribution in [0.25, 0.3) is 122 Å². The molecule has 4 nitrogen and oxygen atoms in total. The summed E-state index contributed by atoms with van der Waals surface area (Å²) in [4.78, 5) is 5.01. The summed E-state index contributed by atoms with van der Waals surface area (Å²) in [6, 6.07) is 84.7. The highest BCUT2D eigenvalue weighted by molar-refractivity contribution is 6.13. The van der Waals surface area contributed by atoms with Gasteiger partial charge in [0.1, 0.15) is 5.52 Å². The highest BCUT2D eigenvalue weighted by atomic mass is 16.3. The van der Waals surface area contributed by atoms with Crippen LogP contribution in [0.5, 0.6) is 0 Å². The van der Waals surface area contributed by atoms with Gasteiger partial charge in [0, 0.05) is 38.9 Å². The molecule has 3 aromatic heterocycles. The fraction of sp³-hybridized carbons (Fsp3) is 0. The molecule has 10 aromatic carbocycles. The molecule has 0 bridgehead atoms. The lowest BCUT2D eigenvalue weighted by Gasteiger charge is -2.09. The van der Waals surface area contributed by atoms with Crippen LogP contribution < -0.4 is 0 Å². The zero-order valence-corrected chi connectivity index (χ0v) is 35.3. The van der Waals surface area contributed by atoms with Crippen molar-refractivity contribution in [1.82, 2.24) is 14.1 Å². The molecule has 0 aliphatic carbocycles. The van der Waals surface area contributed by atoms with Crippen molar-refractivity contribution in [3.8, 4) is 67.3 Å². The minimum Gasteiger partial charge on any atom is -0.436 e. The number of aromatic nitrogens is 3. The fourth-order valence-corrected chi connectivity index (χ4v) is 9.77. The lowest BCUT2D eigenvalue weighted by Crippen LogP contribution is -1.94. The van der Waals surface area contributed by atoms with Gasteiger partial charge in [-0.2, -0.15) is 0 Å². The molecule has 3 heterocycles. The van der Waals surface area contributed by atoms with E-state index in [1.54, 1.807) is 0 Å². The van der Waals surface area contributed by atoms with Crippen LogP contribution in [0.4, 0.5) is 0 Å². The van der Waals surface area contributed by atoms with Gasteiger partial charge >= 0.3 is 0 Å². The first kappa shape index (κ1) is 36.9. The monoisotopic (exact) mass is 829 g/mol. The summed E-state index contributed by atoms with van der Waals surface area (Å²) in [5, 5.41) is 4.84. The number of rotatable bonds is 7. The van der Waals surface area contributed by atoms with Gasteiger partial charge in [0.05, 0.1) is 27.8 Å². The predicted molar refractivity (Wildman–Crippen MR) is 270 cm³/mol. The van der Waals surface area contributed by atoms with Crippen LogP contribution >= 0.6 is 0 Å². The van der Waals surface area contributed by atoms with Gasteiger partial charge in [-0.25, -0.2) is 4.98 Å². The topological polar surface area (TPSA) is 35.9 Å². The van der Waals surface area contributed by atoms with Crippen molar-refractivity contribution in [2.24, 2.45) is 0 Å². The van der Waals surface area contributed by atoms with Crippen molar-refractivity contribution in [3.05, 3.63) is 237 Å². The van der Waals surface area contributed by atoms with Gasteiger partial charge in [-0.15, -0.1) is 0 Å². The normalized spacial score (nSPS) is 11.7. The Labute approximate surface area is 375 Å². The van der Waals surface area contributed by atoms with Crippen LogP contribution in [0.1, 0.15) is 0 Å². The van der Waals surface area contributed by atoms with Gasteiger partial charge in [-0.3, -0.25) is 0 Å². The van der Waals surface area contributed by atoms with Gasteiger partial charge in [-0.05, 0) is 129 Å². The Morgan fingerprint density at radius 1 is 0.277 bits per heavy atom. The first-order chi connectivity index (χ1) is 32.2.